The second-order valence-corrected chi connectivity index (χ2v) is 11.0. The number of anilines is 1. The zero-order valence-corrected chi connectivity index (χ0v) is 18.5. The van der Waals surface area contributed by atoms with Gasteiger partial charge < -0.3 is 5.32 Å². The fourth-order valence-corrected chi connectivity index (χ4v) is 5.96. The maximum absolute atomic E-state index is 12.4. The number of nitrogens with one attached hydrogen (secondary N) is 1. The highest BCUT2D eigenvalue weighted by atomic mass is 35.5. The van der Waals surface area contributed by atoms with E-state index >= 15 is 0 Å². The second kappa shape index (κ2) is 8.89. The van der Waals surface area contributed by atoms with Crippen LogP contribution in [-0.2, 0) is 21.2 Å². The highest BCUT2D eigenvalue weighted by Gasteiger charge is 2.24. The van der Waals surface area contributed by atoms with Crippen LogP contribution in [0.5, 0.6) is 0 Å². The Morgan fingerprint density at radius 1 is 1.29 bits per heavy atom. The standard InChI is InChI=1S/C17H15Cl2N3O3S3/c1-22(28(24,25)16-3-2-6-26-16)10-15(23)21-17-20-9-13(27-17)7-11-4-5-12(18)8-14(11)19/h2-6,8-9H,7,10H2,1H3,(H,20,21,23). The largest absolute Gasteiger partial charge is 0.301 e. The number of rotatable bonds is 7. The van der Waals surface area contributed by atoms with Gasteiger partial charge in [0.05, 0.1) is 6.54 Å². The normalized spacial score (nSPS) is 11.7. The Morgan fingerprint density at radius 3 is 2.75 bits per heavy atom. The minimum atomic E-state index is -3.68. The van der Waals surface area contributed by atoms with Gasteiger partial charge in [0.15, 0.2) is 5.13 Å². The van der Waals surface area contributed by atoms with Crippen LogP contribution in [0.15, 0.2) is 46.1 Å². The number of likely N-dealkylation sites (N-methyl/N-ethyl adjacent to an activating group) is 1. The lowest BCUT2D eigenvalue weighted by Crippen LogP contribution is -2.34. The summed E-state index contributed by atoms with van der Waals surface area (Å²) in [6.07, 6.45) is 2.20. The first-order chi connectivity index (χ1) is 13.3. The molecule has 0 fully saturated rings. The van der Waals surface area contributed by atoms with Crippen molar-refractivity contribution < 1.29 is 13.2 Å². The number of carbonyl (C=O) groups excluding carboxylic acids is 1. The molecule has 0 unspecified atom stereocenters. The molecule has 0 spiro atoms. The number of aromatic nitrogens is 1. The van der Waals surface area contributed by atoms with Crippen molar-refractivity contribution in [1.29, 1.82) is 0 Å². The molecule has 0 radical (unpaired) electrons. The van der Waals surface area contributed by atoms with E-state index in [1.54, 1.807) is 29.8 Å². The van der Waals surface area contributed by atoms with Crippen molar-refractivity contribution in [3.63, 3.8) is 0 Å². The van der Waals surface area contributed by atoms with Crippen LogP contribution in [0.1, 0.15) is 10.4 Å². The quantitative estimate of drug-likeness (QED) is 0.550. The van der Waals surface area contributed by atoms with E-state index in [9.17, 15) is 13.2 Å². The van der Waals surface area contributed by atoms with Crippen LogP contribution in [0.25, 0.3) is 0 Å². The van der Waals surface area contributed by atoms with E-state index in [2.05, 4.69) is 10.3 Å². The molecule has 3 rings (SSSR count). The van der Waals surface area contributed by atoms with Gasteiger partial charge in [0.2, 0.25) is 5.91 Å². The minimum absolute atomic E-state index is 0.194. The maximum Gasteiger partial charge on any atom is 0.252 e. The molecule has 1 N–H and O–H groups in total. The van der Waals surface area contributed by atoms with Gasteiger partial charge >= 0.3 is 0 Å². The number of benzene rings is 1. The Balaban J connectivity index is 1.61. The fourth-order valence-electron chi connectivity index (χ4n) is 2.31. The van der Waals surface area contributed by atoms with Gasteiger partial charge in [-0.3, -0.25) is 4.79 Å². The van der Waals surface area contributed by atoms with Crippen LogP contribution >= 0.6 is 45.9 Å². The maximum atomic E-state index is 12.4. The smallest absolute Gasteiger partial charge is 0.252 e. The van der Waals surface area contributed by atoms with Crippen LogP contribution in [0.3, 0.4) is 0 Å². The van der Waals surface area contributed by atoms with Gasteiger partial charge in [-0.05, 0) is 29.1 Å². The van der Waals surface area contributed by atoms with Gasteiger partial charge in [-0.2, -0.15) is 4.31 Å². The van der Waals surface area contributed by atoms with Crippen molar-refractivity contribution >= 4 is 66.9 Å². The number of hydrogen-bond acceptors (Lipinski definition) is 6. The molecule has 0 aliphatic rings. The Morgan fingerprint density at radius 2 is 2.07 bits per heavy atom. The lowest BCUT2D eigenvalue weighted by atomic mass is 10.1. The van der Waals surface area contributed by atoms with Crippen molar-refractivity contribution in [3.05, 3.63) is 62.4 Å². The Hall–Kier alpha value is -1.49. The van der Waals surface area contributed by atoms with Crippen LogP contribution in [0.4, 0.5) is 5.13 Å². The predicted molar refractivity (Wildman–Crippen MR) is 114 cm³/mol. The third kappa shape index (κ3) is 5.11. The molecule has 0 bridgehead atoms. The third-order valence-corrected chi connectivity index (χ3v) is 8.38. The summed E-state index contributed by atoms with van der Waals surface area (Å²) in [6.45, 7) is -0.307. The Bertz CT molecular complexity index is 1080. The van der Waals surface area contributed by atoms with Crippen LogP contribution in [-0.4, -0.2) is 37.2 Å². The molecule has 28 heavy (non-hydrogen) atoms. The predicted octanol–water partition coefficient (Wildman–Crippen LogP) is 4.36. The van der Waals surface area contributed by atoms with Crippen LogP contribution < -0.4 is 5.32 Å². The molecule has 0 atom stereocenters. The third-order valence-electron chi connectivity index (χ3n) is 3.71. The van der Waals surface area contributed by atoms with Crippen molar-refractivity contribution in [1.82, 2.24) is 9.29 Å². The monoisotopic (exact) mass is 475 g/mol. The number of carbonyl (C=O) groups is 1. The Labute approximate surface area is 180 Å². The van der Waals surface area contributed by atoms with Gasteiger partial charge in [-0.25, -0.2) is 13.4 Å². The first kappa shape index (κ1) is 21.2. The summed E-state index contributed by atoms with van der Waals surface area (Å²) in [5.41, 5.74) is 0.898. The van der Waals surface area contributed by atoms with Crippen molar-refractivity contribution in [2.45, 2.75) is 10.6 Å². The van der Waals surface area contributed by atoms with E-state index in [1.807, 2.05) is 6.07 Å². The lowest BCUT2D eigenvalue weighted by molar-refractivity contribution is -0.116. The second-order valence-electron chi connectivity index (χ2n) is 5.79. The van der Waals surface area contributed by atoms with Crippen molar-refractivity contribution in [2.75, 3.05) is 18.9 Å². The molecule has 6 nitrogen and oxygen atoms in total. The van der Waals surface area contributed by atoms with Gasteiger partial charge in [-0.1, -0.05) is 35.3 Å². The molecule has 2 heterocycles. The summed E-state index contributed by atoms with van der Waals surface area (Å²) < 4.78 is 25.9. The van der Waals surface area contributed by atoms with Crippen LogP contribution in [0.2, 0.25) is 10.0 Å². The molecule has 0 aliphatic carbocycles. The number of thiazole rings is 1. The van der Waals surface area contributed by atoms with E-state index < -0.39 is 15.9 Å². The van der Waals surface area contributed by atoms with Gasteiger partial charge in [0.1, 0.15) is 4.21 Å². The topological polar surface area (TPSA) is 79.4 Å². The molecule has 3 aromatic rings. The molecular weight excluding hydrogens is 461 g/mol. The van der Waals surface area contributed by atoms with Crippen LogP contribution in [0, 0.1) is 0 Å². The number of thiophene rings is 1. The highest BCUT2D eigenvalue weighted by Crippen LogP contribution is 2.27. The summed E-state index contributed by atoms with van der Waals surface area (Å²) in [6, 6.07) is 8.42. The lowest BCUT2D eigenvalue weighted by Gasteiger charge is -2.14. The first-order valence-electron chi connectivity index (χ1n) is 7.94. The van der Waals surface area contributed by atoms with Gasteiger partial charge in [0, 0.05) is 34.6 Å². The number of hydrogen-bond donors (Lipinski definition) is 1. The average molecular weight is 476 g/mol. The molecular formula is C17H15Cl2N3O3S3. The zero-order chi connectivity index (χ0) is 20.3. The van der Waals surface area contributed by atoms with Gasteiger partial charge in [0.25, 0.3) is 10.0 Å². The molecule has 11 heteroatoms. The number of amides is 1. The van der Waals surface area contributed by atoms with Crippen molar-refractivity contribution in [3.8, 4) is 0 Å². The van der Waals surface area contributed by atoms with E-state index in [4.69, 9.17) is 23.2 Å². The number of nitrogens with zero attached hydrogens (tertiary/aromatic N) is 2. The fraction of sp³-hybridized carbons (Fsp3) is 0.176. The molecule has 2 aromatic heterocycles. The van der Waals surface area contributed by atoms with Gasteiger partial charge in [-0.15, -0.1) is 22.7 Å². The Kier molecular flexibility index (Phi) is 6.74. The molecule has 0 saturated carbocycles. The highest BCUT2D eigenvalue weighted by molar-refractivity contribution is 7.91. The molecule has 0 aliphatic heterocycles. The number of sulfonamides is 1. The summed E-state index contributed by atoms with van der Waals surface area (Å²) >= 11 is 14.5. The van der Waals surface area contributed by atoms with E-state index in [1.165, 1.54) is 24.5 Å². The molecule has 0 saturated heterocycles. The first-order valence-corrected chi connectivity index (χ1v) is 11.8. The van der Waals surface area contributed by atoms with Crippen molar-refractivity contribution in [2.24, 2.45) is 0 Å². The van der Waals surface area contributed by atoms with E-state index in [0.29, 0.717) is 21.6 Å². The minimum Gasteiger partial charge on any atom is -0.301 e. The summed E-state index contributed by atoms with van der Waals surface area (Å²) in [5, 5.41) is 5.82. The molecule has 148 valence electrons. The molecule has 1 aromatic carbocycles. The summed E-state index contributed by atoms with van der Waals surface area (Å²) in [5.74, 6) is -0.465. The zero-order valence-electron chi connectivity index (χ0n) is 14.6. The number of halogens is 2. The van der Waals surface area contributed by atoms with E-state index in [-0.39, 0.29) is 10.8 Å². The molecule has 1 amide bonds. The van der Waals surface area contributed by atoms with E-state index in [0.717, 1.165) is 26.1 Å². The SMILES string of the molecule is CN(CC(=O)Nc1ncc(Cc2ccc(Cl)cc2Cl)s1)S(=O)(=O)c1cccs1. The summed E-state index contributed by atoms with van der Waals surface area (Å²) in [4.78, 5) is 17.3. The summed E-state index contributed by atoms with van der Waals surface area (Å²) in [7, 11) is -2.31. The average Bonchev–Trinajstić information content (AvgIpc) is 3.29.